The van der Waals surface area contributed by atoms with Crippen molar-refractivity contribution in [3.05, 3.63) is 12.2 Å². The lowest BCUT2D eigenvalue weighted by molar-refractivity contribution is -0.870. The van der Waals surface area contributed by atoms with Gasteiger partial charge in [-0.05, 0) is 19.3 Å². The van der Waals surface area contributed by atoms with Gasteiger partial charge in [0, 0.05) is 6.42 Å². The van der Waals surface area contributed by atoms with Gasteiger partial charge in [0.1, 0.15) is 13.2 Å². The summed E-state index contributed by atoms with van der Waals surface area (Å²) in [7, 11) is 1.26. The van der Waals surface area contributed by atoms with E-state index in [0.717, 1.165) is 38.5 Å². The molecule has 0 spiro atoms. The van der Waals surface area contributed by atoms with Gasteiger partial charge in [-0.15, -0.1) is 0 Å². The Balaban J connectivity index is 3.93. The molecule has 1 amide bonds. The minimum absolute atomic E-state index is 0.000363. The van der Waals surface area contributed by atoms with Crippen molar-refractivity contribution in [1.82, 2.24) is 5.32 Å². The number of nitrogens with one attached hydrogen (secondary N) is 1. The second-order valence-corrected chi connectivity index (χ2v) is 17.5. The molecule has 0 rings (SSSR count). The highest BCUT2D eigenvalue weighted by atomic mass is 31.2. The Kier molecular flexibility index (Phi) is 34.5. The number of amides is 1. The van der Waals surface area contributed by atoms with E-state index >= 15 is 0 Å². The largest absolute Gasteiger partial charge is 0.756 e. The van der Waals surface area contributed by atoms with Crippen LogP contribution in [0, 0.1) is 0 Å². The first-order valence-electron chi connectivity index (χ1n) is 21.6. The molecule has 9 heteroatoms. The molecule has 0 aliphatic carbocycles. The summed E-state index contributed by atoms with van der Waals surface area (Å²) >= 11 is 0. The molecular weight excluding hydrogens is 659 g/mol. The molecule has 51 heavy (non-hydrogen) atoms. The summed E-state index contributed by atoms with van der Waals surface area (Å²) in [6.07, 6.45) is 39.3. The molecule has 3 atom stereocenters. The minimum Gasteiger partial charge on any atom is -0.756 e. The molecule has 2 N–H and O–H groups in total. The van der Waals surface area contributed by atoms with Crippen LogP contribution in [0.4, 0.5) is 0 Å². The zero-order valence-electron chi connectivity index (χ0n) is 34.3. The molecule has 0 heterocycles. The Morgan fingerprint density at radius 2 is 1.06 bits per heavy atom. The Morgan fingerprint density at radius 3 is 1.47 bits per heavy atom. The summed E-state index contributed by atoms with van der Waals surface area (Å²) in [5.41, 5.74) is 0. The van der Waals surface area contributed by atoms with Gasteiger partial charge >= 0.3 is 0 Å². The predicted molar refractivity (Wildman–Crippen MR) is 215 cm³/mol. The molecule has 0 aromatic heterocycles. The first-order valence-corrected chi connectivity index (χ1v) is 23.0. The van der Waals surface area contributed by atoms with Crippen LogP contribution in [-0.2, 0) is 18.4 Å². The number of phosphoric ester groups is 1. The fraction of sp³-hybridized carbons (Fsp3) is 0.929. The third kappa shape index (κ3) is 37.4. The zero-order valence-corrected chi connectivity index (χ0v) is 35.2. The minimum atomic E-state index is -4.56. The number of phosphoric acid groups is 1. The highest BCUT2D eigenvalue weighted by Gasteiger charge is 2.23. The number of allylic oxidation sites excluding steroid dienone is 1. The van der Waals surface area contributed by atoms with Crippen molar-refractivity contribution in [3.63, 3.8) is 0 Å². The van der Waals surface area contributed by atoms with E-state index in [1.54, 1.807) is 6.08 Å². The smallest absolute Gasteiger partial charge is 0.268 e. The highest BCUT2D eigenvalue weighted by Crippen LogP contribution is 2.38. The number of unbranched alkanes of at least 4 members (excludes halogenated alkanes) is 26. The standard InChI is InChI=1S/C42H85N2O6P/c1-6-8-10-11-12-13-14-15-16-17-18-19-20-21-22-23-24-25-26-27-28-29-30-31-32-34-35-41(45)40(43-42(46)36-33-9-7-2)39-50-51(47,48)49-38-37-44(3,4)5/h34-35,40-41,45H,6-33,36-39H2,1-5H3,(H-,43,46,47,48)/b35-34+. The van der Waals surface area contributed by atoms with Crippen LogP contribution in [-0.4, -0.2) is 68.5 Å². The summed E-state index contributed by atoms with van der Waals surface area (Å²) < 4.78 is 22.9. The number of aliphatic hydroxyl groups is 1. The van der Waals surface area contributed by atoms with E-state index in [0.29, 0.717) is 17.4 Å². The third-order valence-electron chi connectivity index (χ3n) is 9.75. The fourth-order valence-electron chi connectivity index (χ4n) is 6.27. The lowest BCUT2D eigenvalue weighted by atomic mass is 10.0. The van der Waals surface area contributed by atoms with Crippen LogP contribution >= 0.6 is 7.82 Å². The quantitative estimate of drug-likeness (QED) is 0.0281. The predicted octanol–water partition coefficient (Wildman–Crippen LogP) is 10.9. The van der Waals surface area contributed by atoms with Crippen LogP contribution in [0.25, 0.3) is 0 Å². The van der Waals surface area contributed by atoms with Gasteiger partial charge < -0.3 is 28.8 Å². The number of carbonyl (C=O) groups is 1. The maximum atomic E-state index is 12.5. The molecule has 0 aliphatic rings. The van der Waals surface area contributed by atoms with Crippen molar-refractivity contribution in [3.8, 4) is 0 Å². The SMILES string of the molecule is CCCCCCCCCCCCCCCCCCCCCCCCCC/C=C/C(O)C(COP(=O)([O-])OCC[N+](C)(C)C)NC(=O)CCCCC. The maximum Gasteiger partial charge on any atom is 0.268 e. The topological polar surface area (TPSA) is 108 Å². The monoisotopic (exact) mass is 745 g/mol. The van der Waals surface area contributed by atoms with Crippen LogP contribution in [0.15, 0.2) is 12.2 Å². The molecular formula is C42H85N2O6P. The average molecular weight is 745 g/mol. The van der Waals surface area contributed by atoms with E-state index in [1.807, 2.05) is 27.2 Å². The maximum absolute atomic E-state index is 12.5. The Bertz CT molecular complexity index is 850. The molecule has 0 aromatic rings. The van der Waals surface area contributed by atoms with Gasteiger partial charge in [0.2, 0.25) is 5.91 Å². The van der Waals surface area contributed by atoms with E-state index in [9.17, 15) is 19.4 Å². The van der Waals surface area contributed by atoms with E-state index in [2.05, 4.69) is 19.2 Å². The number of hydrogen-bond acceptors (Lipinski definition) is 6. The first kappa shape index (κ1) is 50.2. The lowest BCUT2D eigenvalue weighted by Gasteiger charge is -2.29. The van der Waals surface area contributed by atoms with Gasteiger partial charge in [0.15, 0.2) is 0 Å². The van der Waals surface area contributed by atoms with Gasteiger partial charge in [0.25, 0.3) is 7.82 Å². The molecule has 0 aliphatic heterocycles. The molecule has 8 nitrogen and oxygen atoms in total. The summed E-state index contributed by atoms with van der Waals surface area (Å²) in [5.74, 6) is -0.221. The molecule has 3 unspecified atom stereocenters. The van der Waals surface area contributed by atoms with Crippen LogP contribution in [0.1, 0.15) is 200 Å². The summed E-state index contributed by atoms with van der Waals surface area (Å²) in [5, 5.41) is 13.5. The van der Waals surface area contributed by atoms with Crippen molar-refractivity contribution in [2.75, 3.05) is 40.9 Å². The highest BCUT2D eigenvalue weighted by molar-refractivity contribution is 7.45. The Hall–Kier alpha value is -0.760. The van der Waals surface area contributed by atoms with Gasteiger partial charge in [-0.3, -0.25) is 9.36 Å². The average Bonchev–Trinajstić information content (AvgIpc) is 3.07. The number of carbonyl (C=O) groups excluding carboxylic acids is 1. The summed E-state index contributed by atoms with van der Waals surface area (Å²) in [6, 6.07) is -0.876. The molecule has 0 radical (unpaired) electrons. The van der Waals surface area contributed by atoms with Gasteiger partial charge in [0.05, 0.1) is 39.9 Å². The van der Waals surface area contributed by atoms with E-state index in [-0.39, 0.29) is 19.1 Å². The fourth-order valence-corrected chi connectivity index (χ4v) is 6.99. The number of likely N-dealkylation sites (N-methyl/N-ethyl adjacent to an activating group) is 1. The molecule has 0 bridgehead atoms. The van der Waals surface area contributed by atoms with Crippen LogP contribution in [0.5, 0.6) is 0 Å². The first-order chi connectivity index (χ1) is 24.5. The lowest BCUT2D eigenvalue weighted by Crippen LogP contribution is -2.45. The second-order valence-electron chi connectivity index (χ2n) is 16.1. The number of aliphatic hydroxyl groups excluding tert-OH is 1. The number of hydrogen-bond donors (Lipinski definition) is 2. The third-order valence-corrected chi connectivity index (χ3v) is 10.7. The number of rotatable bonds is 39. The number of quaternary nitrogens is 1. The molecule has 0 fully saturated rings. The molecule has 0 saturated carbocycles. The van der Waals surface area contributed by atoms with Crippen molar-refractivity contribution >= 4 is 13.7 Å². The molecule has 0 aromatic carbocycles. The van der Waals surface area contributed by atoms with Crippen LogP contribution < -0.4 is 10.2 Å². The van der Waals surface area contributed by atoms with Crippen LogP contribution in [0.3, 0.4) is 0 Å². The van der Waals surface area contributed by atoms with Crippen molar-refractivity contribution in [1.29, 1.82) is 0 Å². The summed E-state index contributed by atoms with van der Waals surface area (Å²) in [4.78, 5) is 24.7. The van der Waals surface area contributed by atoms with E-state index < -0.39 is 20.0 Å². The van der Waals surface area contributed by atoms with Crippen LogP contribution in [0.2, 0.25) is 0 Å². The number of nitrogens with zero attached hydrogens (tertiary/aromatic N) is 1. The van der Waals surface area contributed by atoms with E-state index in [4.69, 9.17) is 9.05 Å². The van der Waals surface area contributed by atoms with Gasteiger partial charge in [-0.2, -0.15) is 0 Å². The summed E-state index contributed by atoms with van der Waals surface area (Å²) in [6.45, 7) is 4.47. The Labute approximate surface area is 316 Å². The van der Waals surface area contributed by atoms with Crippen molar-refractivity contribution in [2.45, 2.75) is 212 Å². The molecule has 304 valence electrons. The normalized spacial score (nSPS) is 14.6. The molecule has 0 saturated heterocycles. The van der Waals surface area contributed by atoms with Crippen molar-refractivity contribution < 1.29 is 32.9 Å². The van der Waals surface area contributed by atoms with E-state index in [1.165, 1.54) is 141 Å². The Morgan fingerprint density at radius 1 is 0.667 bits per heavy atom. The van der Waals surface area contributed by atoms with Crippen molar-refractivity contribution in [2.24, 2.45) is 0 Å². The van der Waals surface area contributed by atoms with Gasteiger partial charge in [-0.25, -0.2) is 0 Å². The van der Waals surface area contributed by atoms with Gasteiger partial charge in [-0.1, -0.05) is 187 Å². The second kappa shape index (κ2) is 35.0. The zero-order chi connectivity index (χ0) is 37.9.